The number of anilines is 1. The summed E-state index contributed by atoms with van der Waals surface area (Å²) in [4.78, 5) is 24.1. The quantitative estimate of drug-likeness (QED) is 0.730. The molecule has 1 aliphatic rings. The molecule has 0 saturated heterocycles. The van der Waals surface area contributed by atoms with Crippen LogP contribution in [0.1, 0.15) is 37.8 Å². The molecule has 2 rings (SSSR count). The van der Waals surface area contributed by atoms with E-state index in [2.05, 4.69) is 0 Å². The van der Waals surface area contributed by atoms with Gasteiger partial charge in [-0.15, -0.1) is 0 Å². The zero-order chi connectivity index (χ0) is 18.0. The van der Waals surface area contributed by atoms with E-state index in [9.17, 15) is 19.1 Å². The Morgan fingerprint density at radius 2 is 1.96 bits per heavy atom. The van der Waals surface area contributed by atoms with E-state index in [0.717, 1.165) is 12.8 Å². The number of rotatable bonds is 7. The Labute approximate surface area is 144 Å². The summed E-state index contributed by atoms with van der Waals surface area (Å²) in [5.74, 6) is -3.19. The molecule has 0 unspecified atom stereocenters. The Kier molecular flexibility index (Phi) is 5.49. The summed E-state index contributed by atoms with van der Waals surface area (Å²) >= 11 is 6.16. The molecule has 1 fully saturated rings. The molecule has 130 valence electrons. The van der Waals surface area contributed by atoms with Crippen LogP contribution in [0.3, 0.4) is 0 Å². The van der Waals surface area contributed by atoms with Crippen molar-refractivity contribution in [2.75, 3.05) is 4.90 Å². The molecule has 5 nitrogen and oxygen atoms in total. The highest BCUT2D eigenvalue weighted by Crippen LogP contribution is 2.41. The van der Waals surface area contributed by atoms with Gasteiger partial charge in [-0.05, 0) is 42.9 Å². The highest BCUT2D eigenvalue weighted by molar-refractivity contribution is 6.32. The molecular weight excluding hydrogens is 337 g/mol. The van der Waals surface area contributed by atoms with Gasteiger partial charge >= 0.3 is 11.9 Å². The molecule has 0 radical (unpaired) electrons. The van der Waals surface area contributed by atoms with E-state index in [0.29, 0.717) is 35.7 Å². The van der Waals surface area contributed by atoms with Crippen molar-refractivity contribution in [3.05, 3.63) is 39.8 Å². The van der Waals surface area contributed by atoms with Gasteiger partial charge in [0, 0.05) is 11.7 Å². The second-order valence-corrected chi connectivity index (χ2v) is 6.02. The van der Waals surface area contributed by atoms with Gasteiger partial charge in [-0.3, -0.25) is 0 Å². The van der Waals surface area contributed by atoms with E-state index < -0.39 is 17.8 Å². The lowest BCUT2D eigenvalue weighted by Crippen LogP contribution is -2.31. The average Bonchev–Trinajstić information content (AvgIpc) is 3.34. The van der Waals surface area contributed by atoms with Crippen LogP contribution in [-0.2, 0) is 22.4 Å². The maximum Gasteiger partial charge on any atom is 0.352 e. The maximum absolute atomic E-state index is 14.3. The fourth-order valence-electron chi connectivity index (χ4n) is 2.72. The third kappa shape index (κ3) is 3.53. The largest absolute Gasteiger partial charge is 0.478 e. The number of carboxylic acids is 2. The van der Waals surface area contributed by atoms with Crippen molar-refractivity contribution in [2.24, 2.45) is 0 Å². The van der Waals surface area contributed by atoms with Crippen LogP contribution in [0.25, 0.3) is 0 Å². The molecule has 0 bridgehead atoms. The van der Waals surface area contributed by atoms with Crippen LogP contribution in [0, 0.1) is 5.82 Å². The molecule has 0 atom stereocenters. The van der Waals surface area contributed by atoms with Crippen LogP contribution in [0.5, 0.6) is 0 Å². The molecule has 1 aromatic carbocycles. The number of hydrogen-bond donors (Lipinski definition) is 2. The first-order valence-electron chi connectivity index (χ1n) is 7.78. The van der Waals surface area contributed by atoms with Gasteiger partial charge in [-0.2, -0.15) is 0 Å². The molecule has 7 heteroatoms. The predicted molar refractivity (Wildman–Crippen MR) is 89.0 cm³/mol. The molecular formula is C17H19ClFNO4. The van der Waals surface area contributed by atoms with Crippen LogP contribution in [0.4, 0.5) is 10.1 Å². The standard InChI is InChI=1S/C17H19ClFNO4/c1-3-9-7-12(11(4-2)15(18)16(9)19)20(10-5-6-10)13(17(23)24)8-14(21)22/h7-8,10H,3-6H2,1-2H3,(H,21,22)(H,23,24)/b13-8-. The summed E-state index contributed by atoms with van der Waals surface area (Å²) in [5.41, 5.74) is 0.983. The fourth-order valence-corrected chi connectivity index (χ4v) is 3.07. The summed E-state index contributed by atoms with van der Waals surface area (Å²) in [5, 5.41) is 18.4. The Hall–Kier alpha value is -2.08. The second-order valence-electron chi connectivity index (χ2n) is 5.64. The molecule has 1 aliphatic carbocycles. The first-order chi connectivity index (χ1) is 11.3. The molecule has 0 heterocycles. The summed E-state index contributed by atoms with van der Waals surface area (Å²) in [6, 6.07) is 1.46. The fraction of sp³-hybridized carbons (Fsp3) is 0.412. The third-order valence-electron chi connectivity index (χ3n) is 4.00. The monoisotopic (exact) mass is 355 g/mol. The lowest BCUT2D eigenvalue weighted by molar-refractivity contribution is -0.135. The number of halogens is 2. The van der Waals surface area contributed by atoms with Gasteiger partial charge in [-0.1, -0.05) is 25.4 Å². The van der Waals surface area contributed by atoms with E-state index in [-0.39, 0.29) is 16.8 Å². The normalized spacial score (nSPS) is 14.6. The van der Waals surface area contributed by atoms with Gasteiger partial charge in [0.25, 0.3) is 0 Å². The lowest BCUT2D eigenvalue weighted by atomic mass is 10.0. The van der Waals surface area contributed by atoms with E-state index in [4.69, 9.17) is 16.7 Å². The Balaban J connectivity index is 2.70. The molecule has 0 aliphatic heterocycles. The van der Waals surface area contributed by atoms with Crippen molar-refractivity contribution in [3.63, 3.8) is 0 Å². The Morgan fingerprint density at radius 3 is 2.38 bits per heavy atom. The van der Waals surface area contributed by atoms with Crippen molar-refractivity contribution in [2.45, 2.75) is 45.6 Å². The minimum absolute atomic E-state index is 0.0300. The van der Waals surface area contributed by atoms with Crippen LogP contribution >= 0.6 is 11.6 Å². The molecule has 1 aromatic rings. The van der Waals surface area contributed by atoms with Gasteiger partial charge in [0.05, 0.1) is 11.1 Å². The SMILES string of the molecule is CCc1cc(N(/C(=C\C(=O)O)C(=O)O)C2CC2)c(CC)c(Cl)c1F. The Morgan fingerprint density at radius 1 is 1.33 bits per heavy atom. The number of hydrogen-bond acceptors (Lipinski definition) is 3. The van der Waals surface area contributed by atoms with Crippen molar-refractivity contribution in [1.29, 1.82) is 0 Å². The summed E-state index contributed by atoms with van der Waals surface area (Å²) < 4.78 is 14.3. The van der Waals surface area contributed by atoms with Gasteiger partial charge in [0.15, 0.2) is 0 Å². The summed E-state index contributed by atoms with van der Waals surface area (Å²) in [6.07, 6.45) is 2.95. The highest BCUT2D eigenvalue weighted by Gasteiger charge is 2.36. The van der Waals surface area contributed by atoms with Crippen LogP contribution < -0.4 is 4.90 Å². The van der Waals surface area contributed by atoms with Crippen molar-refractivity contribution >= 4 is 29.2 Å². The lowest BCUT2D eigenvalue weighted by Gasteiger charge is -2.28. The molecule has 2 N–H and O–H groups in total. The number of carboxylic acid groups (broad SMARTS) is 2. The number of aryl methyl sites for hydroxylation is 1. The third-order valence-corrected chi connectivity index (χ3v) is 4.40. The minimum Gasteiger partial charge on any atom is -0.478 e. The highest BCUT2D eigenvalue weighted by atomic mass is 35.5. The molecule has 0 amide bonds. The van der Waals surface area contributed by atoms with Crippen molar-refractivity contribution in [3.8, 4) is 0 Å². The van der Waals surface area contributed by atoms with Gasteiger partial charge in [0.2, 0.25) is 0 Å². The summed E-state index contributed by atoms with van der Waals surface area (Å²) in [7, 11) is 0. The number of nitrogens with zero attached hydrogens (tertiary/aromatic N) is 1. The van der Waals surface area contributed by atoms with E-state index in [1.54, 1.807) is 19.9 Å². The number of carbonyl (C=O) groups is 2. The molecule has 24 heavy (non-hydrogen) atoms. The Bertz CT molecular complexity index is 713. The van der Waals surface area contributed by atoms with E-state index in [1.807, 2.05) is 0 Å². The predicted octanol–water partition coefficient (Wildman–Crippen LogP) is 3.63. The van der Waals surface area contributed by atoms with Crippen molar-refractivity contribution < 1.29 is 24.2 Å². The van der Waals surface area contributed by atoms with E-state index >= 15 is 0 Å². The second kappa shape index (κ2) is 7.21. The molecule has 1 saturated carbocycles. The average molecular weight is 356 g/mol. The van der Waals surface area contributed by atoms with E-state index in [1.165, 1.54) is 4.90 Å². The van der Waals surface area contributed by atoms with Crippen molar-refractivity contribution in [1.82, 2.24) is 0 Å². The minimum atomic E-state index is -1.35. The summed E-state index contributed by atoms with van der Waals surface area (Å²) in [6.45, 7) is 3.57. The van der Waals surface area contributed by atoms with Gasteiger partial charge in [0.1, 0.15) is 11.5 Å². The van der Waals surface area contributed by atoms with Crippen LogP contribution in [0.2, 0.25) is 5.02 Å². The van der Waals surface area contributed by atoms with Crippen LogP contribution in [-0.4, -0.2) is 28.2 Å². The maximum atomic E-state index is 14.3. The first-order valence-corrected chi connectivity index (χ1v) is 8.16. The number of aliphatic carboxylic acids is 2. The zero-order valence-electron chi connectivity index (χ0n) is 13.5. The number of benzene rings is 1. The van der Waals surface area contributed by atoms with Gasteiger partial charge < -0.3 is 15.1 Å². The zero-order valence-corrected chi connectivity index (χ0v) is 14.2. The van der Waals surface area contributed by atoms with Gasteiger partial charge in [-0.25, -0.2) is 14.0 Å². The smallest absolute Gasteiger partial charge is 0.352 e. The topological polar surface area (TPSA) is 77.8 Å². The van der Waals surface area contributed by atoms with Crippen LogP contribution in [0.15, 0.2) is 17.8 Å². The molecule has 0 spiro atoms. The first kappa shape index (κ1) is 18.3. The molecule has 0 aromatic heterocycles.